The number of halogens is 1. The summed E-state index contributed by atoms with van der Waals surface area (Å²) in [5.41, 5.74) is 1.41. The van der Waals surface area contributed by atoms with E-state index >= 15 is 0 Å². The average molecular weight is 372 g/mol. The predicted molar refractivity (Wildman–Crippen MR) is 99.7 cm³/mol. The van der Waals surface area contributed by atoms with Crippen molar-refractivity contribution in [1.82, 2.24) is 4.90 Å². The molecule has 0 atom stereocenters. The molecule has 3 N–H and O–H groups in total. The van der Waals surface area contributed by atoms with Gasteiger partial charge in [-0.05, 0) is 43.2 Å². The number of hydrogen-bond acceptors (Lipinski definition) is 4. The quantitative estimate of drug-likeness (QED) is 0.719. The van der Waals surface area contributed by atoms with E-state index in [1.165, 1.54) is 12.1 Å². The van der Waals surface area contributed by atoms with Crippen LogP contribution in [0.25, 0.3) is 0 Å². The Morgan fingerprint density at radius 2 is 1.81 bits per heavy atom. The largest absolute Gasteiger partial charge is 0.506 e. The van der Waals surface area contributed by atoms with Crippen LogP contribution in [-0.4, -0.2) is 40.4 Å². The van der Waals surface area contributed by atoms with E-state index in [-0.39, 0.29) is 22.6 Å². The van der Waals surface area contributed by atoms with E-state index in [4.69, 9.17) is 11.6 Å². The smallest absolute Gasteiger partial charge is 0.253 e. The maximum absolute atomic E-state index is 12.7. The maximum atomic E-state index is 12.7. The van der Waals surface area contributed by atoms with Crippen molar-refractivity contribution in [2.24, 2.45) is 0 Å². The minimum atomic E-state index is -0.697. The number of para-hydroxylation sites is 2. The number of carbonyl (C=O) groups excluding carboxylic acids is 2. The Balaban J connectivity index is 1.49. The number of nitrogens with zero attached hydrogens (tertiary/aromatic N) is 1. The third-order valence-electron chi connectivity index (χ3n) is 5.08. The molecule has 0 aromatic heterocycles. The molecule has 2 aliphatic rings. The molecule has 0 unspecified atom stereocenters. The van der Waals surface area contributed by atoms with Crippen molar-refractivity contribution in [2.45, 2.75) is 18.4 Å². The van der Waals surface area contributed by atoms with Gasteiger partial charge in [-0.1, -0.05) is 23.7 Å². The number of amides is 2. The van der Waals surface area contributed by atoms with Crippen LogP contribution in [0.4, 0.5) is 11.4 Å². The monoisotopic (exact) mass is 371 g/mol. The number of piperidine rings is 1. The Morgan fingerprint density at radius 1 is 1.12 bits per heavy atom. The predicted octanol–water partition coefficient (Wildman–Crippen LogP) is 3.08. The van der Waals surface area contributed by atoms with Crippen LogP contribution in [0.1, 0.15) is 23.2 Å². The second kappa shape index (κ2) is 6.21. The molecule has 1 saturated heterocycles. The van der Waals surface area contributed by atoms with Crippen molar-refractivity contribution < 1.29 is 14.7 Å². The molecule has 2 aromatic rings. The van der Waals surface area contributed by atoms with Crippen LogP contribution in [0.3, 0.4) is 0 Å². The highest BCUT2D eigenvalue weighted by Crippen LogP contribution is 2.36. The van der Waals surface area contributed by atoms with E-state index in [0.717, 1.165) is 11.4 Å². The number of hydrogen-bond donors (Lipinski definition) is 3. The summed E-state index contributed by atoms with van der Waals surface area (Å²) in [4.78, 5) is 27.0. The summed E-state index contributed by atoms with van der Waals surface area (Å²) in [6.07, 6.45) is 1.04. The molecule has 4 rings (SSSR count). The molecular weight excluding hydrogens is 354 g/mol. The third-order valence-corrected chi connectivity index (χ3v) is 5.39. The molecule has 0 aliphatic carbocycles. The van der Waals surface area contributed by atoms with Crippen molar-refractivity contribution in [2.75, 3.05) is 23.7 Å². The highest BCUT2D eigenvalue weighted by atomic mass is 35.5. The Labute approximate surface area is 155 Å². The molecule has 7 heteroatoms. The number of aromatic hydroxyl groups is 1. The molecule has 6 nitrogen and oxygen atoms in total. The second-order valence-electron chi connectivity index (χ2n) is 6.67. The van der Waals surface area contributed by atoms with Gasteiger partial charge in [0, 0.05) is 18.7 Å². The topological polar surface area (TPSA) is 81.7 Å². The van der Waals surface area contributed by atoms with Crippen LogP contribution >= 0.6 is 11.6 Å². The Kier molecular flexibility index (Phi) is 4.00. The lowest BCUT2D eigenvalue weighted by molar-refractivity contribution is -0.122. The first-order chi connectivity index (χ1) is 12.5. The Bertz CT molecular complexity index is 891. The number of phenols is 1. The van der Waals surface area contributed by atoms with E-state index < -0.39 is 5.54 Å². The zero-order valence-corrected chi connectivity index (χ0v) is 14.7. The molecule has 0 bridgehead atoms. The van der Waals surface area contributed by atoms with Gasteiger partial charge in [0.05, 0.1) is 16.4 Å². The van der Waals surface area contributed by atoms with Gasteiger partial charge in [0.15, 0.2) is 0 Å². The zero-order chi connectivity index (χ0) is 18.3. The molecule has 2 aliphatic heterocycles. The summed E-state index contributed by atoms with van der Waals surface area (Å²) in [6, 6.07) is 12.0. The molecule has 134 valence electrons. The minimum Gasteiger partial charge on any atom is -0.506 e. The average Bonchev–Trinajstić information content (AvgIpc) is 2.65. The van der Waals surface area contributed by atoms with Gasteiger partial charge in [-0.25, -0.2) is 0 Å². The second-order valence-corrected chi connectivity index (χ2v) is 7.07. The van der Waals surface area contributed by atoms with Crippen LogP contribution in [0.2, 0.25) is 5.02 Å². The number of nitrogens with one attached hydrogen (secondary N) is 2. The summed E-state index contributed by atoms with van der Waals surface area (Å²) in [5.74, 6) is -0.267. The van der Waals surface area contributed by atoms with E-state index in [1.54, 1.807) is 11.0 Å². The SMILES string of the molecule is O=C(c1ccc(O)c(Cl)c1)N1CCC2(CC1)Nc1ccccc1NC2=O. The van der Waals surface area contributed by atoms with Gasteiger partial charge in [0.25, 0.3) is 5.91 Å². The fourth-order valence-electron chi connectivity index (χ4n) is 3.52. The third kappa shape index (κ3) is 2.76. The summed E-state index contributed by atoms with van der Waals surface area (Å²) < 4.78 is 0. The Morgan fingerprint density at radius 3 is 2.50 bits per heavy atom. The number of benzene rings is 2. The molecule has 2 heterocycles. The number of rotatable bonds is 1. The van der Waals surface area contributed by atoms with E-state index in [1.807, 2.05) is 24.3 Å². The number of likely N-dealkylation sites (tertiary alicyclic amines) is 1. The molecule has 2 amide bonds. The summed E-state index contributed by atoms with van der Waals surface area (Å²) in [5, 5.41) is 16.0. The summed E-state index contributed by atoms with van der Waals surface area (Å²) >= 11 is 5.90. The number of fused-ring (bicyclic) bond motifs is 1. The normalized spacial score (nSPS) is 18.0. The summed E-state index contributed by atoms with van der Waals surface area (Å²) in [7, 11) is 0. The fourth-order valence-corrected chi connectivity index (χ4v) is 3.70. The molecular formula is C19H18ClN3O3. The molecule has 1 spiro atoms. The number of anilines is 2. The molecule has 1 fully saturated rings. The van der Waals surface area contributed by atoms with Crippen molar-refractivity contribution in [3.8, 4) is 5.75 Å². The molecule has 0 radical (unpaired) electrons. The van der Waals surface area contributed by atoms with Crippen LogP contribution in [-0.2, 0) is 4.79 Å². The first kappa shape index (κ1) is 16.7. The standard InChI is InChI=1S/C19H18ClN3O3/c20-13-11-12(5-6-16(13)24)17(25)23-9-7-19(8-10-23)18(26)21-14-3-1-2-4-15(14)22-19/h1-6,11,22,24H,7-10H2,(H,21,26). The first-order valence-electron chi connectivity index (χ1n) is 8.45. The Hall–Kier alpha value is -2.73. The number of carbonyl (C=O) groups is 2. The number of phenolic OH excluding ortho intramolecular Hbond substituents is 1. The van der Waals surface area contributed by atoms with Crippen LogP contribution < -0.4 is 10.6 Å². The van der Waals surface area contributed by atoms with Crippen LogP contribution in [0, 0.1) is 0 Å². The van der Waals surface area contributed by atoms with Gasteiger partial charge in [0.1, 0.15) is 11.3 Å². The minimum absolute atomic E-state index is 0.0532. The highest BCUT2D eigenvalue weighted by molar-refractivity contribution is 6.32. The molecule has 26 heavy (non-hydrogen) atoms. The van der Waals surface area contributed by atoms with Crippen molar-refractivity contribution in [3.63, 3.8) is 0 Å². The maximum Gasteiger partial charge on any atom is 0.253 e. The van der Waals surface area contributed by atoms with Gasteiger partial charge in [-0.2, -0.15) is 0 Å². The van der Waals surface area contributed by atoms with Gasteiger partial charge in [0.2, 0.25) is 5.91 Å². The van der Waals surface area contributed by atoms with Crippen molar-refractivity contribution in [3.05, 3.63) is 53.1 Å². The van der Waals surface area contributed by atoms with E-state index in [9.17, 15) is 14.7 Å². The van der Waals surface area contributed by atoms with Crippen LogP contribution in [0.5, 0.6) is 5.75 Å². The lowest BCUT2D eigenvalue weighted by Crippen LogP contribution is -2.59. The van der Waals surface area contributed by atoms with Crippen LogP contribution in [0.15, 0.2) is 42.5 Å². The first-order valence-corrected chi connectivity index (χ1v) is 8.83. The highest BCUT2D eigenvalue weighted by Gasteiger charge is 2.45. The summed E-state index contributed by atoms with van der Waals surface area (Å²) in [6.45, 7) is 0.916. The van der Waals surface area contributed by atoms with E-state index in [2.05, 4.69) is 10.6 Å². The lowest BCUT2D eigenvalue weighted by Gasteiger charge is -2.44. The van der Waals surface area contributed by atoms with Gasteiger partial charge in [-0.3, -0.25) is 9.59 Å². The zero-order valence-electron chi connectivity index (χ0n) is 14.0. The fraction of sp³-hybridized carbons (Fsp3) is 0.263. The van der Waals surface area contributed by atoms with Gasteiger partial charge in [-0.15, -0.1) is 0 Å². The van der Waals surface area contributed by atoms with Gasteiger partial charge < -0.3 is 20.6 Å². The van der Waals surface area contributed by atoms with E-state index in [0.29, 0.717) is 31.5 Å². The lowest BCUT2D eigenvalue weighted by atomic mass is 9.84. The molecule has 2 aromatic carbocycles. The van der Waals surface area contributed by atoms with Gasteiger partial charge >= 0.3 is 0 Å². The van der Waals surface area contributed by atoms with Crippen molar-refractivity contribution >= 4 is 34.8 Å². The van der Waals surface area contributed by atoms with Crippen molar-refractivity contribution in [1.29, 1.82) is 0 Å². The molecule has 0 saturated carbocycles.